The Morgan fingerprint density at radius 2 is 2.06 bits per heavy atom. The van der Waals surface area contributed by atoms with Gasteiger partial charge in [-0.1, -0.05) is 19.1 Å². The third kappa shape index (κ3) is 2.63. The fourth-order valence-electron chi connectivity index (χ4n) is 2.56. The largest absolute Gasteiger partial charge is 0.493 e. The van der Waals surface area contributed by atoms with Crippen LogP contribution in [-0.2, 0) is 0 Å². The average molecular weight is 233 g/mol. The number of benzene rings is 1. The third-order valence-corrected chi connectivity index (χ3v) is 3.48. The van der Waals surface area contributed by atoms with Crippen LogP contribution in [0.25, 0.3) is 0 Å². The van der Waals surface area contributed by atoms with Crippen LogP contribution < -0.4 is 10.1 Å². The van der Waals surface area contributed by atoms with Gasteiger partial charge in [0, 0.05) is 11.6 Å². The Balaban J connectivity index is 2.36. The molecule has 0 spiro atoms. The monoisotopic (exact) mass is 233 g/mol. The second-order valence-electron chi connectivity index (χ2n) is 4.94. The summed E-state index contributed by atoms with van der Waals surface area (Å²) in [5, 5.41) is 3.66. The molecule has 2 rings (SSSR count). The molecule has 1 unspecified atom stereocenters. The summed E-state index contributed by atoms with van der Waals surface area (Å²) in [6.45, 7) is 8.47. The number of hydrogen-bond donors (Lipinski definition) is 1. The van der Waals surface area contributed by atoms with Gasteiger partial charge in [0.25, 0.3) is 0 Å². The van der Waals surface area contributed by atoms with Crippen LogP contribution in [0.4, 0.5) is 0 Å². The number of hydrogen-bond acceptors (Lipinski definition) is 2. The summed E-state index contributed by atoms with van der Waals surface area (Å²) in [5.74, 6) is 1.12. The SMILES string of the molecule is CCCNC1CCCOc2c(C)ccc(C)c21. The Labute approximate surface area is 104 Å². The highest BCUT2D eigenvalue weighted by atomic mass is 16.5. The van der Waals surface area contributed by atoms with Gasteiger partial charge in [-0.05, 0) is 50.8 Å². The van der Waals surface area contributed by atoms with Gasteiger partial charge in [0.15, 0.2) is 0 Å². The molecule has 2 nitrogen and oxygen atoms in total. The molecule has 0 bridgehead atoms. The third-order valence-electron chi connectivity index (χ3n) is 3.48. The topological polar surface area (TPSA) is 21.3 Å². The van der Waals surface area contributed by atoms with E-state index in [4.69, 9.17) is 4.74 Å². The van der Waals surface area contributed by atoms with Crippen LogP contribution in [0, 0.1) is 13.8 Å². The van der Waals surface area contributed by atoms with Crippen molar-refractivity contribution >= 4 is 0 Å². The van der Waals surface area contributed by atoms with Crippen molar-refractivity contribution < 1.29 is 4.74 Å². The zero-order valence-electron chi connectivity index (χ0n) is 11.2. The van der Waals surface area contributed by atoms with Gasteiger partial charge in [-0.2, -0.15) is 0 Å². The maximum Gasteiger partial charge on any atom is 0.127 e. The average Bonchev–Trinajstić information content (AvgIpc) is 2.54. The number of ether oxygens (including phenoxy) is 1. The molecule has 2 heteroatoms. The fraction of sp³-hybridized carbons (Fsp3) is 0.600. The molecule has 0 aromatic heterocycles. The van der Waals surface area contributed by atoms with Crippen molar-refractivity contribution in [2.45, 2.75) is 46.1 Å². The van der Waals surface area contributed by atoms with Gasteiger partial charge in [0.2, 0.25) is 0 Å². The number of fused-ring (bicyclic) bond motifs is 1. The highest BCUT2D eigenvalue weighted by molar-refractivity contribution is 5.47. The highest BCUT2D eigenvalue weighted by Crippen LogP contribution is 2.36. The fourth-order valence-corrected chi connectivity index (χ4v) is 2.56. The first-order valence-corrected chi connectivity index (χ1v) is 6.70. The van der Waals surface area contributed by atoms with E-state index in [2.05, 4.69) is 38.2 Å². The smallest absolute Gasteiger partial charge is 0.127 e. The molecule has 1 aromatic rings. The van der Waals surface area contributed by atoms with Crippen molar-refractivity contribution in [3.8, 4) is 5.75 Å². The first kappa shape index (κ1) is 12.4. The van der Waals surface area contributed by atoms with Crippen molar-refractivity contribution in [1.82, 2.24) is 5.32 Å². The van der Waals surface area contributed by atoms with Gasteiger partial charge in [-0.3, -0.25) is 0 Å². The van der Waals surface area contributed by atoms with Crippen LogP contribution in [0.3, 0.4) is 0 Å². The van der Waals surface area contributed by atoms with Crippen molar-refractivity contribution in [3.63, 3.8) is 0 Å². The minimum atomic E-state index is 0.465. The van der Waals surface area contributed by atoms with Gasteiger partial charge in [0.1, 0.15) is 5.75 Å². The van der Waals surface area contributed by atoms with Crippen molar-refractivity contribution in [2.24, 2.45) is 0 Å². The molecule has 17 heavy (non-hydrogen) atoms. The quantitative estimate of drug-likeness (QED) is 0.862. The molecule has 94 valence electrons. The summed E-state index contributed by atoms with van der Waals surface area (Å²) < 4.78 is 5.93. The summed E-state index contributed by atoms with van der Waals surface area (Å²) in [6, 6.07) is 4.84. The molecular weight excluding hydrogens is 210 g/mol. The van der Waals surface area contributed by atoms with Gasteiger partial charge in [-0.15, -0.1) is 0 Å². The second kappa shape index (κ2) is 5.54. The van der Waals surface area contributed by atoms with Crippen LogP contribution in [0.1, 0.15) is 48.9 Å². The van der Waals surface area contributed by atoms with E-state index in [9.17, 15) is 0 Å². The zero-order valence-corrected chi connectivity index (χ0v) is 11.2. The highest BCUT2D eigenvalue weighted by Gasteiger charge is 2.22. The normalized spacial score (nSPS) is 19.4. The van der Waals surface area contributed by atoms with E-state index in [1.807, 2.05) is 0 Å². The van der Waals surface area contributed by atoms with E-state index < -0.39 is 0 Å². The molecule has 0 radical (unpaired) electrons. The predicted octanol–water partition coefficient (Wildman–Crippen LogP) is 3.52. The molecule has 0 saturated carbocycles. The van der Waals surface area contributed by atoms with Crippen LogP contribution in [-0.4, -0.2) is 13.2 Å². The van der Waals surface area contributed by atoms with Gasteiger partial charge in [0.05, 0.1) is 6.61 Å². The minimum absolute atomic E-state index is 0.465. The van der Waals surface area contributed by atoms with Crippen LogP contribution in [0.2, 0.25) is 0 Å². The van der Waals surface area contributed by atoms with E-state index in [1.54, 1.807) is 0 Å². The summed E-state index contributed by atoms with van der Waals surface area (Å²) in [4.78, 5) is 0. The number of aryl methyl sites for hydroxylation is 2. The first-order chi connectivity index (χ1) is 8.24. The van der Waals surface area contributed by atoms with Crippen molar-refractivity contribution in [1.29, 1.82) is 0 Å². The summed E-state index contributed by atoms with van der Waals surface area (Å²) >= 11 is 0. The van der Waals surface area contributed by atoms with Gasteiger partial charge < -0.3 is 10.1 Å². The molecule has 1 aliphatic rings. The van der Waals surface area contributed by atoms with E-state index in [0.717, 1.165) is 25.3 Å². The summed E-state index contributed by atoms with van der Waals surface area (Å²) in [5.41, 5.74) is 3.99. The van der Waals surface area contributed by atoms with E-state index in [-0.39, 0.29) is 0 Å². The summed E-state index contributed by atoms with van der Waals surface area (Å²) in [6.07, 6.45) is 3.49. The predicted molar refractivity (Wildman–Crippen MR) is 71.7 cm³/mol. The van der Waals surface area contributed by atoms with Gasteiger partial charge >= 0.3 is 0 Å². The Kier molecular flexibility index (Phi) is 4.06. The number of nitrogens with one attached hydrogen (secondary N) is 1. The van der Waals surface area contributed by atoms with E-state index >= 15 is 0 Å². The van der Waals surface area contributed by atoms with Gasteiger partial charge in [-0.25, -0.2) is 0 Å². The minimum Gasteiger partial charge on any atom is -0.493 e. The lowest BCUT2D eigenvalue weighted by Gasteiger charge is -2.21. The summed E-state index contributed by atoms with van der Waals surface area (Å²) in [7, 11) is 0. The second-order valence-corrected chi connectivity index (χ2v) is 4.94. The Hall–Kier alpha value is -1.02. The van der Waals surface area contributed by atoms with Crippen LogP contribution >= 0.6 is 0 Å². The van der Waals surface area contributed by atoms with Crippen molar-refractivity contribution in [2.75, 3.05) is 13.2 Å². The van der Waals surface area contributed by atoms with E-state index in [0.29, 0.717) is 6.04 Å². The van der Waals surface area contributed by atoms with Crippen LogP contribution in [0.15, 0.2) is 12.1 Å². The van der Waals surface area contributed by atoms with Crippen molar-refractivity contribution in [3.05, 3.63) is 28.8 Å². The van der Waals surface area contributed by atoms with Crippen LogP contribution in [0.5, 0.6) is 5.75 Å². The Morgan fingerprint density at radius 1 is 1.29 bits per heavy atom. The molecule has 1 N–H and O–H groups in total. The molecule has 1 aliphatic heterocycles. The maximum absolute atomic E-state index is 5.93. The van der Waals surface area contributed by atoms with E-state index in [1.165, 1.54) is 29.5 Å². The molecular formula is C15H23NO. The molecule has 0 fully saturated rings. The molecule has 1 atom stereocenters. The number of rotatable bonds is 3. The lowest BCUT2D eigenvalue weighted by Crippen LogP contribution is -2.22. The molecule has 1 heterocycles. The molecule has 0 aliphatic carbocycles. The molecule has 0 amide bonds. The maximum atomic E-state index is 5.93. The molecule has 1 aromatic carbocycles. The first-order valence-electron chi connectivity index (χ1n) is 6.70. The Bertz CT molecular complexity index is 387. The molecule has 0 saturated heterocycles. The zero-order chi connectivity index (χ0) is 12.3. The standard InChI is InChI=1S/C15H23NO/c1-4-9-16-13-6-5-10-17-15-12(3)8-7-11(2)14(13)15/h7-8,13,16H,4-6,9-10H2,1-3H3. The Morgan fingerprint density at radius 3 is 2.82 bits per heavy atom. The lowest BCUT2D eigenvalue weighted by molar-refractivity contribution is 0.313. The lowest BCUT2D eigenvalue weighted by atomic mass is 9.95.